The van der Waals surface area contributed by atoms with Crippen LogP contribution in [0, 0.1) is 13.8 Å². The van der Waals surface area contributed by atoms with Gasteiger partial charge in [0.2, 0.25) is 0 Å². The minimum absolute atomic E-state index is 0.141. The average Bonchev–Trinajstić information content (AvgIpc) is 2.50. The zero-order valence-electron chi connectivity index (χ0n) is 12.7. The number of benzene rings is 2. The second-order valence-corrected chi connectivity index (χ2v) is 5.85. The summed E-state index contributed by atoms with van der Waals surface area (Å²) in [5.74, 6) is -0.205. The van der Waals surface area contributed by atoms with Gasteiger partial charge in [0.05, 0.1) is 10.6 Å². The largest absolute Gasteiger partial charge is 0.481 e. The molecule has 0 aliphatic heterocycles. The minimum atomic E-state index is -0.346. The predicted molar refractivity (Wildman–Crippen MR) is 91.9 cm³/mol. The maximum Gasteiger partial charge on any atom is 0.262 e. The van der Waals surface area contributed by atoms with Crippen LogP contribution in [0.25, 0.3) is 0 Å². The van der Waals surface area contributed by atoms with E-state index in [1.165, 1.54) is 12.1 Å². The number of rotatable bonds is 5. The SMILES string of the molecule is Cc1cccc(NC(=O)COc2c(Cl)cc(Cl)cc2C=O)c1C. The van der Waals surface area contributed by atoms with Gasteiger partial charge in [0, 0.05) is 10.7 Å². The number of aldehydes is 1. The quantitative estimate of drug-likeness (QED) is 0.810. The van der Waals surface area contributed by atoms with Crippen LogP contribution in [-0.2, 0) is 4.79 Å². The summed E-state index contributed by atoms with van der Waals surface area (Å²) in [5, 5.41) is 3.27. The van der Waals surface area contributed by atoms with Crippen molar-refractivity contribution in [3.05, 3.63) is 57.1 Å². The number of hydrogen-bond donors (Lipinski definition) is 1. The van der Waals surface area contributed by atoms with Gasteiger partial charge in [-0.05, 0) is 43.2 Å². The third kappa shape index (κ3) is 4.24. The molecule has 0 bridgehead atoms. The number of ether oxygens (including phenoxy) is 1. The number of anilines is 1. The molecule has 0 saturated heterocycles. The summed E-state index contributed by atoms with van der Waals surface area (Å²) in [6, 6.07) is 8.52. The van der Waals surface area contributed by atoms with Gasteiger partial charge < -0.3 is 10.1 Å². The molecule has 0 fully saturated rings. The molecule has 0 radical (unpaired) electrons. The van der Waals surface area contributed by atoms with Gasteiger partial charge in [0.1, 0.15) is 5.75 Å². The maximum absolute atomic E-state index is 12.0. The second kappa shape index (κ2) is 7.49. The molecule has 2 aromatic rings. The molecule has 120 valence electrons. The maximum atomic E-state index is 12.0. The smallest absolute Gasteiger partial charge is 0.262 e. The molecule has 0 aliphatic carbocycles. The third-order valence-electron chi connectivity index (χ3n) is 3.39. The molecule has 23 heavy (non-hydrogen) atoms. The van der Waals surface area contributed by atoms with Gasteiger partial charge >= 0.3 is 0 Å². The highest BCUT2D eigenvalue weighted by molar-refractivity contribution is 6.36. The number of nitrogens with one attached hydrogen (secondary N) is 1. The molecular weight excluding hydrogens is 337 g/mol. The minimum Gasteiger partial charge on any atom is -0.481 e. The Morgan fingerprint density at radius 2 is 2.00 bits per heavy atom. The normalized spacial score (nSPS) is 10.3. The molecule has 0 aromatic heterocycles. The van der Waals surface area contributed by atoms with Gasteiger partial charge in [-0.1, -0.05) is 35.3 Å². The van der Waals surface area contributed by atoms with Crippen LogP contribution in [-0.4, -0.2) is 18.8 Å². The van der Waals surface area contributed by atoms with Gasteiger partial charge in [0.25, 0.3) is 5.91 Å². The molecule has 1 N–H and O–H groups in total. The highest BCUT2D eigenvalue weighted by Gasteiger charge is 2.13. The Kier molecular flexibility index (Phi) is 5.64. The molecule has 0 atom stereocenters. The molecule has 0 saturated carbocycles. The molecule has 6 heteroatoms. The van der Waals surface area contributed by atoms with E-state index < -0.39 is 0 Å². The lowest BCUT2D eigenvalue weighted by molar-refractivity contribution is -0.118. The van der Waals surface area contributed by atoms with E-state index in [9.17, 15) is 9.59 Å². The summed E-state index contributed by atoms with van der Waals surface area (Å²) in [7, 11) is 0. The Labute approximate surface area is 144 Å². The average molecular weight is 352 g/mol. The number of carbonyl (C=O) groups excluding carboxylic acids is 2. The number of hydrogen-bond acceptors (Lipinski definition) is 3. The monoisotopic (exact) mass is 351 g/mol. The lowest BCUT2D eigenvalue weighted by Crippen LogP contribution is -2.21. The Morgan fingerprint density at radius 3 is 2.70 bits per heavy atom. The van der Waals surface area contributed by atoms with Crippen molar-refractivity contribution in [1.29, 1.82) is 0 Å². The van der Waals surface area contributed by atoms with Gasteiger partial charge in [-0.15, -0.1) is 0 Å². The first kappa shape index (κ1) is 17.3. The van der Waals surface area contributed by atoms with Gasteiger partial charge in [-0.3, -0.25) is 9.59 Å². The zero-order chi connectivity index (χ0) is 17.0. The predicted octanol–water partition coefficient (Wildman–Crippen LogP) is 4.44. The molecule has 2 aromatic carbocycles. The van der Waals surface area contributed by atoms with Crippen molar-refractivity contribution in [2.24, 2.45) is 0 Å². The van der Waals surface area contributed by atoms with Crippen molar-refractivity contribution in [3.8, 4) is 5.75 Å². The molecule has 0 unspecified atom stereocenters. The van der Waals surface area contributed by atoms with E-state index in [2.05, 4.69) is 5.32 Å². The second-order valence-electron chi connectivity index (χ2n) is 5.01. The number of halogens is 2. The van der Waals surface area contributed by atoms with E-state index in [1.807, 2.05) is 32.0 Å². The van der Waals surface area contributed by atoms with Crippen molar-refractivity contribution in [3.63, 3.8) is 0 Å². The summed E-state index contributed by atoms with van der Waals surface area (Å²) < 4.78 is 5.38. The first-order valence-electron chi connectivity index (χ1n) is 6.85. The summed E-state index contributed by atoms with van der Waals surface area (Å²) in [6.07, 6.45) is 0.579. The lowest BCUT2D eigenvalue weighted by atomic mass is 10.1. The van der Waals surface area contributed by atoms with E-state index in [0.717, 1.165) is 16.8 Å². The summed E-state index contributed by atoms with van der Waals surface area (Å²) in [5.41, 5.74) is 2.98. The highest BCUT2D eigenvalue weighted by atomic mass is 35.5. The molecule has 1 amide bonds. The molecule has 0 spiro atoms. The Morgan fingerprint density at radius 1 is 1.26 bits per heavy atom. The Bertz CT molecular complexity index is 760. The van der Waals surface area contributed by atoms with Crippen LogP contribution in [0.1, 0.15) is 21.5 Å². The van der Waals surface area contributed by atoms with Crippen LogP contribution in [0.3, 0.4) is 0 Å². The number of aryl methyl sites for hydroxylation is 1. The van der Waals surface area contributed by atoms with E-state index in [0.29, 0.717) is 11.3 Å². The number of carbonyl (C=O) groups is 2. The Balaban J connectivity index is 2.08. The van der Waals surface area contributed by atoms with Crippen LogP contribution >= 0.6 is 23.2 Å². The van der Waals surface area contributed by atoms with Crippen LogP contribution in [0.2, 0.25) is 10.0 Å². The van der Waals surface area contributed by atoms with Gasteiger partial charge in [0.15, 0.2) is 12.9 Å². The fraction of sp³-hybridized carbons (Fsp3) is 0.176. The first-order valence-corrected chi connectivity index (χ1v) is 7.61. The van der Waals surface area contributed by atoms with E-state index >= 15 is 0 Å². The van der Waals surface area contributed by atoms with E-state index in [-0.39, 0.29) is 28.8 Å². The molecule has 0 aliphatic rings. The highest BCUT2D eigenvalue weighted by Crippen LogP contribution is 2.31. The van der Waals surface area contributed by atoms with Crippen LogP contribution in [0.5, 0.6) is 5.75 Å². The summed E-state index contributed by atoms with van der Waals surface area (Å²) in [4.78, 5) is 23.1. The first-order chi connectivity index (χ1) is 10.9. The fourth-order valence-corrected chi connectivity index (χ4v) is 2.59. The number of amides is 1. The standard InChI is InChI=1S/C17H15Cl2NO3/c1-10-4-3-5-15(11(10)2)20-16(22)9-23-17-12(8-21)6-13(18)7-14(17)19/h3-8H,9H2,1-2H3,(H,20,22). The Hall–Kier alpha value is -2.04. The van der Waals surface area contributed by atoms with Gasteiger partial charge in [-0.25, -0.2) is 0 Å². The topological polar surface area (TPSA) is 55.4 Å². The summed E-state index contributed by atoms with van der Waals surface area (Å²) >= 11 is 11.8. The van der Waals surface area contributed by atoms with Crippen LogP contribution < -0.4 is 10.1 Å². The molecule has 2 rings (SSSR count). The van der Waals surface area contributed by atoms with E-state index in [4.69, 9.17) is 27.9 Å². The molecular formula is C17H15Cl2NO3. The van der Waals surface area contributed by atoms with E-state index in [1.54, 1.807) is 0 Å². The van der Waals surface area contributed by atoms with Crippen molar-refractivity contribution in [2.75, 3.05) is 11.9 Å². The van der Waals surface area contributed by atoms with Crippen LogP contribution in [0.4, 0.5) is 5.69 Å². The van der Waals surface area contributed by atoms with Crippen LogP contribution in [0.15, 0.2) is 30.3 Å². The fourth-order valence-electron chi connectivity index (χ4n) is 2.03. The summed E-state index contributed by atoms with van der Waals surface area (Å²) in [6.45, 7) is 3.62. The molecule has 4 nitrogen and oxygen atoms in total. The molecule has 0 heterocycles. The van der Waals surface area contributed by atoms with Crippen molar-refractivity contribution >= 4 is 41.1 Å². The zero-order valence-corrected chi connectivity index (χ0v) is 14.2. The lowest BCUT2D eigenvalue weighted by Gasteiger charge is -2.13. The van der Waals surface area contributed by atoms with Crippen molar-refractivity contribution in [2.45, 2.75) is 13.8 Å². The van der Waals surface area contributed by atoms with Crippen molar-refractivity contribution in [1.82, 2.24) is 0 Å². The third-order valence-corrected chi connectivity index (χ3v) is 3.89. The van der Waals surface area contributed by atoms with Gasteiger partial charge in [-0.2, -0.15) is 0 Å². The van der Waals surface area contributed by atoms with Crippen molar-refractivity contribution < 1.29 is 14.3 Å².